The molecule has 0 aliphatic carbocycles. The van der Waals surface area contributed by atoms with E-state index in [0.29, 0.717) is 0 Å². The molecular weight excluding hydrogens is 293 g/mol. The smallest absolute Gasteiger partial charge is 0.214 e. The van der Waals surface area contributed by atoms with Crippen LogP contribution in [0.25, 0.3) is 0 Å². The molecule has 0 spiro atoms. The monoisotopic (exact) mass is 305 g/mol. The molecule has 0 amide bonds. The number of rotatable bonds is 3. The molecule has 0 aromatic carbocycles. The van der Waals surface area contributed by atoms with Crippen molar-refractivity contribution in [3.8, 4) is 0 Å². The van der Waals surface area contributed by atoms with Gasteiger partial charge < -0.3 is 5.11 Å². The second-order valence-electron chi connectivity index (χ2n) is 1.71. The van der Waals surface area contributed by atoms with E-state index in [9.17, 15) is 0 Å². The van der Waals surface area contributed by atoms with Crippen molar-refractivity contribution in [1.82, 2.24) is 0 Å². The maximum atomic E-state index is 7.65. The van der Waals surface area contributed by atoms with Crippen molar-refractivity contribution in [3.63, 3.8) is 0 Å². The molecule has 0 saturated heterocycles. The van der Waals surface area contributed by atoms with E-state index in [-0.39, 0.29) is 40.9 Å². The molecule has 0 atom stereocenters. The van der Waals surface area contributed by atoms with Gasteiger partial charge in [-0.3, -0.25) is 0 Å². The Kier molecular flexibility index (Phi) is 43.9. The van der Waals surface area contributed by atoms with Crippen molar-refractivity contribution >= 4 is 29.2 Å². The summed E-state index contributed by atoms with van der Waals surface area (Å²) < 4.78 is -0.306. The Balaban J connectivity index is -0.0000000483. The second kappa shape index (κ2) is 22.7. The Bertz CT molecular complexity index is 97.4. The third kappa shape index (κ3) is 67.1. The number of unbranched alkanes of at least 4 members (excludes halogenated alkanes) is 2. The molecule has 1 nitrogen and oxygen atoms in total. The second-order valence-corrected chi connectivity index (χ2v) is 2.83. The molecule has 0 rings (SSSR count). The summed E-state index contributed by atoms with van der Waals surface area (Å²) in [5.41, 5.74) is 0. The number of aliphatic hydroxyl groups excluding tert-OH is 1. The minimum atomic E-state index is -0.306. The number of hydrogen-bond acceptors (Lipinski definition) is 1. The minimum absolute atomic E-state index is 0. The van der Waals surface area contributed by atoms with Crippen molar-refractivity contribution in [2.45, 2.75) is 26.2 Å². The predicted molar refractivity (Wildman–Crippen MR) is 53.9 cm³/mol. The molecule has 0 bridgehead atoms. The van der Waals surface area contributed by atoms with E-state index in [2.05, 4.69) is 38.3 Å². The maximum Gasteiger partial charge on any atom is 0.214 e. The third-order valence-electron chi connectivity index (χ3n) is 0.762. The van der Waals surface area contributed by atoms with Crippen LogP contribution in [0.4, 0.5) is 0 Å². The summed E-state index contributed by atoms with van der Waals surface area (Å²) in [4.78, 5) is 0. The van der Waals surface area contributed by atoms with Crippen LogP contribution in [-0.4, -0.2) is 9.49 Å². The molecule has 0 aromatic heterocycles. The Morgan fingerprint density at radius 1 is 1.67 bits per heavy atom. The summed E-state index contributed by atoms with van der Waals surface area (Å²) in [5.74, 6) is 0. The molecule has 0 heterocycles. The fourth-order valence-electron chi connectivity index (χ4n) is 0.348. The SMILES string of the molecule is C=CCCCC.OC(=S)S.[Cu].[Zn]. The van der Waals surface area contributed by atoms with Crippen LogP contribution in [0.15, 0.2) is 12.7 Å². The van der Waals surface area contributed by atoms with Gasteiger partial charge in [-0.25, -0.2) is 0 Å². The normalized spacial score (nSPS) is 6.17. The van der Waals surface area contributed by atoms with Crippen LogP contribution in [0.1, 0.15) is 26.2 Å². The third-order valence-corrected chi connectivity index (χ3v) is 0.762. The number of thiocarbonyl (C=S) groups is 1. The summed E-state index contributed by atoms with van der Waals surface area (Å²) in [7, 11) is 0. The van der Waals surface area contributed by atoms with Crippen molar-refractivity contribution < 1.29 is 41.7 Å². The first kappa shape index (κ1) is 23.2. The standard InChI is InChI=1S/C6H12.CH2OS2.Cu.Zn/c1-3-5-6-4-2;2-1(3)4;;/h3H,1,4-6H2,2H3;(H2,2,3,4);;. The van der Waals surface area contributed by atoms with Crippen LogP contribution in [0, 0.1) is 0 Å². The molecule has 0 fully saturated rings. The quantitative estimate of drug-likeness (QED) is 0.275. The predicted octanol–water partition coefficient (Wildman–Crippen LogP) is 3.12. The van der Waals surface area contributed by atoms with Gasteiger partial charge in [-0.2, -0.15) is 0 Å². The van der Waals surface area contributed by atoms with Gasteiger partial charge in [0.1, 0.15) is 0 Å². The van der Waals surface area contributed by atoms with Gasteiger partial charge >= 0.3 is 0 Å². The van der Waals surface area contributed by atoms with E-state index < -0.39 is 0 Å². The Hall–Kier alpha value is 1.12. The number of hydrogen-bond donors (Lipinski definition) is 2. The molecule has 5 heteroatoms. The summed E-state index contributed by atoms with van der Waals surface area (Å²) in [6, 6.07) is 0. The zero-order chi connectivity index (χ0) is 8.41. The van der Waals surface area contributed by atoms with Crippen LogP contribution in [-0.2, 0) is 36.5 Å². The fraction of sp³-hybridized carbons (Fsp3) is 0.571. The zero-order valence-corrected chi connectivity index (χ0v) is 12.8. The van der Waals surface area contributed by atoms with Gasteiger partial charge in [-0.05, 0) is 18.6 Å². The largest absolute Gasteiger partial charge is 0.494 e. The van der Waals surface area contributed by atoms with E-state index in [1.165, 1.54) is 19.3 Å². The topological polar surface area (TPSA) is 20.2 Å². The van der Waals surface area contributed by atoms with Crippen LogP contribution < -0.4 is 0 Å². The molecule has 12 heavy (non-hydrogen) atoms. The van der Waals surface area contributed by atoms with E-state index in [1.54, 1.807) is 0 Å². The molecular formula is C7H14CuOS2Zn. The summed E-state index contributed by atoms with van der Waals surface area (Å²) in [5, 5.41) is 7.65. The Morgan fingerprint density at radius 3 is 2.08 bits per heavy atom. The summed E-state index contributed by atoms with van der Waals surface area (Å²) in [6.45, 7) is 5.78. The minimum Gasteiger partial charge on any atom is -0.494 e. The molecule has 0 saturated carbocycles. The maximum absolute atomic E-state index is 7.65. The van der Waals surface area contributed by atoms with Crippen LogP contribution >= 0.6 is 24.8 Å². The van der Waals surface area contributed by atoms with Crippen molar-refractivity contribution in [3.05, 3.63) is 12.7 Å². The van der Waals surface area contributed by atoms with E-state index in [4.69, 9.17) is 5.11 Å². The molecule has 1 radical (unpaired) electrons. The number of aliphatic hydroxyl groups is 1. The number of allylic oxidation sites excluding steroid dienone is 1. The number of thiol groups is 1. The Labute approximate surface area is 109 Å². The van der Waals surface area contributed by atoms with Gasteiger partial charge in [0, 0.05) is 36.5 Å². The van der Waals surface area contributed by atoms with Crippen molar-refractivity contribution in [2.75, 3.05) is 0 Å². The van der Waals surface area contributed by atoms with Gasteiger partial charge in [0.15, 0.2) is 0 Å². The zero-order valence-electron chi connectivity index (χ0n) is 7.22. The molecule has 0 aromatic rings. The van der Waals surface area contributed by atoms with E-state index >= 15 is 0 Å². The fourth-order valence-corrected chi connectivity index (χ4v) is 0.348. The Morgan fingerprint density at radius 2 is 2.00 bits per heavy atom. The molecule has 0 unspecified atom stereocenters. The molecule has 73 valence electrons. The van der Waals surface area contributed by atoms with Crippen LogP contribution in [0.2, 0.25) is 0 Å². The van der Waals surface area contributed by atoms with Gasteiger partial charge in [0.2, 0.25) is 4.38 Å². The average Bonchev–Trinajstić information content (AvgIpc) is 1.82. The van der Waals surface area contributed by atoms with E-state index in [0.717, 1.165) is 0 Å². The van der Waals surface area contributed by atoms with Gasteiger partial charge in [-0.1, -0.05) is 38.5 Å². The first-order valence-electron chi connectivity index (χ1n) is 3.17. The average molecular weight is 307 g/mol. The van der Waals surface area contributed by atoms with Crippen molar-refractivity contribution in [1.29, 1.82) is 0 Å². The van der Waals surface area contributed by atoms with Gasteiger partial charge in [-0.15, -0.1) is 6.58 Å². The summed E-state index contributed by atoms with van der Waals surface area (Å²) >= 11 is 7.21. The van der Waals surface area contributed by atoms with Gasteiger partial charge in [0.05, 0.1) is 0 Å². The first-order chi connectivity index (χ1) is 4.65. The van der Waals surface area contributed by atoms with E-state index in [1.807, 2.05) is 6.08 Å². The molecule has 1 N–H and O–H groups in total. The summed E-state index contributed by atoms with van der Waals surface area (Å²) in [6.07, 6.45) is 5.72. The van der Waals surface area contributed by atoms with Gasteiger partial charge in [0.25, 0.3) is 0 Å². The van der Waals surface area contributed by atoms with Crippen LogP contribution in [0.3, 0.4) is 0 Å². The first-order valence-corrected chi connectivity index (χ1v) is 4.03. The molecule has 0 aliphatic rings. The molecule has 0 aliphatic heterocycles. The van der Waals surface area contributed by atoms with Crippen LogP contribution in [0.5, 0.6) is 0 Å². The van der Waals surface area contributed by atoms with Crippen molar-refractivity contribution in [2.24, 2.45) is 0 Å².